The van der Waals surface area contributed by atoms with Gasteiger partial charge in [-0.25, -0.2) is 4.79 Å². The molecule has 0 spiro atoms. The van der Waals surface area contributed by atoms with Crippen LogP contribution in [0.3, 0.4) is 0 Å². The SMILES string of the molecule is COc1ccc(C(=O)OCC(=O)Nc2ccc(Cl)cc2C)cc1Br. The summed E-state index contributed by atoms with van der Waals surface area (Å²) in [5.74, 6) is -0.426. The summed E-state index contributed by atoms with van der Waals surface area (Å²) in [6.07, 6.45) is 0. The molecule has 0 heterocycles. The predicted octanol–water partition coefficient (Wildman–Crippen LogP) is 4.22. The molecule has 2 aromatic rings. The van der Waals surface area contributed by atoms with Crippen LogP contribution in [0.1, 0.15) is 15.9 Å². The van der Waals surface area contributed by atoms with Gasteiger partial charge in [-0.2, -0.15) is 0 Å². The number of esters is 1. The minimum atomic E-state index is -0.596. The number of halogens is 2. The molecular weight excluding hydrogens is 398 g/mol. The molecule has 0 unspecified atom stereocenters. The van der Waals surface area contributed by atoms with E-state index in [1.54, 1.807) is 36.4 Å². The van der Waals surface area contributed by atoms with Crippen molar-refractivity contribution in [3.63, 3.8) is 0 Å². The van der Waals surface area contributed by atoms with Crippen molar-refractivity contribution in [2.75, 3.05) is 19.0 Å². The molecule has 0 bridgehead atoms. The van der Waals surface area contributed by atoms with E-state index in [-0.39, 0.29) is 6.61 Å². The second kappa shape index (κ2) is 8.17. The Bertz CT molecular complexity index is 779. The fraction of sp³-hybridized carbons (Fsp3) is 0.176. The maximum atomic E-state index is 12.0. The van der Waals surface area contributed by atoms with Crippen LogP contribution in [-0.4, -0.2) is 25.6 Å². The number of benzene rings is 2. The van der Waals surface area contributed by atoms with Crippen molar-refractivity contribution in [2.24, 2.45) is 0 Å². The van der Waals surface area contributed by atoms with Crippen LogP contribution in [0.15, 0.2) is 40.9 Å². The van der Waals surface area contributed by atoms with Crippen molar-refractivity contribution in [2.45, 2.75) is 6.92 Å². The lowest BCUT2D eigenvalue weighted by molar-refractivity contribution is -0.119. The van der Waals surface area contributed by atoms with E-state index in [1.807, 2.05) is 6.92 Å². The zero-order chi connectivity index (χ0) is 17.7. The van der Waals surface area contributed by atoms with Crippen LogP contribution in [-0.2, 0) is 9.53 Å². The van der Waals surface area contributed by atoms with Crippen LogP contribution >= 0.6 is 27.5 Å². The number of anilines is 1. The Morgan fingerprint density at radius 1 is 1.21 bits per heavy atom. The first kappa shape index (κ1) is 18.3. The van der Waals surface area contributed by atoms with Crippen LogP contribution in [0.4, 0.5) is 5.69 Å². The smallest absolute Gasteiger partial charge is 0.338 e. The molecule has 0 aliphatic rings. The van der Waals surface area contributed by atoms with Crippen molar-refractivity contribution in [3.8, 4) is 5.75 Å². The Labute approximate surface area is 153 Å². The van der Waals surface area contributed by atoms with Gasteiger partial charge >= 0.3 is 5.97 Å². The fourth-order valence-electron chi connectivity index (χ4n) is 1.96. The maximum absolute atomic E-state index is 12.0. The van der Waals surface area contributed by atoms with E-state index < -0.39 is 11.9 Å². The normalized spacial score (nSPS) is 10.2. The number of hydrogen-bond acceptors (Lipinski definition) is 4. The van der Waals surface area contributed by atoms with E-state index in [0.29, 0.717) is 26.5 Å². The second-order valence-electron chi connectivity index (χ2n) is 4.93. The molecule has 2 aromatic carbocycles. The minimum Gasteiger partial charge on any atom is -0.496 e. The first-order chi connectivity index (χ1) is 11.4. The molecule has 0 aromatic heterocycles. The van der Waals surface area contributed by atoms with Gasteiger partial charge in [-0.3, -0.25) is 4.79 Å². The molecule has 1 amide bonds. The summed E-state index contributed by atoms with van der Waals surface area (Å²) in [5.41, 5.74) is 1.76. The summed E-state index contributed by atoms with van der Waals surface area (Å²) < 4.78 is 10.7. The van der Waals surface area contributed by atoms with Crippen molar-refractivity contribution in [3.05, 3.63) is 57.0 Å². The van der Waals surface area contributed by atoms with Crippen molar-refractivity contribution in [1.82, 2.24) is 0 Å². The highest BCUT2D eigenvalue weighted by molar-refractivity contribution is 9.10. The molecule has 0 aliphatic heterocycles. The first-order valence-electron chi connectivity index (χ1n) is 6.97. The number of rotatable bonds is 5. The van der Waals surface area contributed by atoms with Crippen molar-refractivity contribution >= 4 is 45.1 Å². The van der Waals surface area contributed by atoms with Gasteiger partial charge in [-0.05, 0) is 64.8 Å². The van der Waals surface area contributed by atoms with Crippen LogP contribution in [0.25, 0.3) is 0 Å². The number of carbonyl (C=O) groups is 2. The predicted molar refractivity (Wildman–Crippen MR) is 95.8 cm³/mol. The van der Waals surface area contributed by atoms with Crippen LogP contribution < -0.4 is 10.1 Å². The summed E-state index contributed by atoms with van der Waals surface area (Å²) in [6, 6.07) is 9.87. The lowest BCUT2D eigenvalue weighted by Crippen LogP contribution is -2.21. The van der Waals surface area contributed by atoms with Gasteiger partial charge in [0.25, 0.3) is 5.91 Å². The topological polar surface area (TPSA) is 64.6 Å². The number of nitrogens with one attached hydrogen (secondary N) is 1. The van der Waals surface area contributed by atoms with Crippen molar-refractivity contribution < 1.29 is 19.1 Å². The molecule has 0 saturated heterocycles. The number of carbonyl (C=O) groups excluding carboxylic acids is 2. The second-order valence-corrected chi connectivity index (χ2v) is 6.22. The monoisotopic (exact) mass is 411 g/mol. The van der Waals surface area contributed by atoms with E-state index in [2.05, 4.69) is 21.2 Å². The Morgan fingerprint density at radius 2 is 1.96 bits per heavy atom. The Morgan fingerprint density at radius 3 is 2.58 bits per heavy atom. The van der Waals surface area contributed by atoms with E-state index in [9.17, 15) is 9.59 Å². The van der Waals surface area contributed by atoms with Gasteiger partial charge in [0.1, 0.15) is 5.75 Å². The molecule has 0 fully saturated rings. The van der Waals surface area contributed by atoms with E-state index in [0.717, 1.165) is 5.56 Å². The summed E-state index contributed by atoms with van der Waals surface area (Å²) >= 11 is 9.15. The van der Waals surface area contributed by atoms with Crippen molar-refractivity contribution in [1.29, 1.82) is 0 Å². The molecule has 0 saturated carbocycles. The molecule has 0 radical (unpaired) electrons. The van der Waals surface area contributed by atoms with Crippen LogP contribution in [0.2, 0.25) is 5.02 Å². The molecule has 24 heavy (non-hydrogen) atoms. The van der Waals surface area contributed by atoms with Gasteiger partial charge in [0.15, 0.2) is 6.61 Å². The highest BCUT2D eigenvalue weighted by Crippen LogP contribution is 2.25. The third kappa shape index (κ3) is 4.72. The largest absolute Gasteiger partial charge is 0.496 e. The molecular formula is C17H15BrClNO4. The lowest BCUT2D eigenvalue weighted by Gasteiger charge is -2.10. The van der Waals surface area contributed by atoms with Gasteiger partial charge in [0, 0.05) is 10.7 Å². The maximum Gasteiger partial charge on any atom is 0.338 e. The molecule has 7 heteroatoms. The Hall–Kier alpha value is -2.05. The number of methoxy groups -OCH3 is 1. The van der Waals surface area contributed by atoms with E-state index in [4.69, 9.17) is 21.1 Å². The van der Waals surface area contributed by atoms with E-state index in [1.165, 1.54) is 7.11 Å². The minimum absolute atomic E-state index is 0.318. The summed E-state index contributed by atoms with van der Waals surface area (Å²) in [7, 11) is 1.53. The van der Waals surface area contributed by atoms with E-state index >= 15 is 0 Å². The van der Waals surface area contributed by atoms with Gasteiger partial charge in [0.2, 0.25) is 0 Å². The summed E-state index contributed by atoms with van der Waals surface area (Å²) in [5, 5.41) is 3.26. The highest BCUT2D eigenvalue weighted by Gasteiger charge is 2.13. The third-order valence-electron chi connectivity index (χ3n) is 3.18. The zero-order valence-electron chi connectivity index (χ0n) is 13.1. The standard InChI is InChI=1S/C17H15BrClNO4/c1-10-7-12(19)4-5-14(10)20-16(21)9-24-17(22)11-3-6-15(23-2)13(18)8-11/h3-8H,9H2,1-2H3,(H,20,21). The molecule has 2 rings (SSSR count). The molecule has 126 valence electrons. The zero-order valence-corrected chi connectivity index (χ0v) is 15.4. The lowest BCUT2D eigenvalue weighted by atomic mass is 10.2. The Kier molecular flexibility index (Phi) is 6.23. The average Bonchev–Trinajstić information content (AvgIpc) is 2.55. The number of amides is 1. The van der Waals surface area contributed by atoms with Crippen LogP contribution in [0, 0.1) is 6.92 Å². The highest BCUT2D eigenvalue weighted by atomic mass is 79.9. The first-order valence-corrected chi connectivity index (χ1v) is 8.14. The molecule has 1 N–H and O–H groups in total. The molecule has 5 nitrogen and oxygen atoms in total. The van der Waals surface area contributed by atoms with Gasteiger partial charge < -0.3 is 14.8 Å². The molecule has 0 atom stereocenters. The summed E-state index contributed by atoms with van der Waals surface area (Å²) in [6.45, 7) is 1.44. The number of ether oxygens (including phenoxy) is 2. The number of hydrogen-bond donors (Lipinski definition) is 1. The van der Waals surface area contributed by atoms with Gasteiger partial charge in [0.05, 0.1) is 17.1 Å². The Balaban J connectivity index is 1.93. The average molecular weight is 413 g/mol. The fourth-order valence-corrected chi connectivity index (χ4v) is 2.73. The quantitative estimate of drug-likeness (QED) is 0.747. The number of aryl methyl sites for hydroxylation is 1. The van der Waals surface area contributed by atoms with Gasteiger partial charge in [-0.15, -0.1) is 0 Å². The van der Waals surface area contributed by atoms with Crippen LogP contribution in [0.5, 0.6) is 5.75 Å². The van der Waals surface area contributed by atoms with Gasteiger partial charge in [-0.1, -0.05) is 11.6 Å². The summed E-state index contributed by atoms with van der Waals surface area (Å²) in [4.78, 5) is 23.9. The third-order valence-corrected chi connectivity index (χ3v) is 4.04. The molecule has 0 aliphatic carbocycles.